The molecule has 1 N–H and O–H groups in total. The maximum atomic E-state index is 11.9. The van der Waals surface area contributed by atoms with Crippen molar-refractivity contribution in [1.82, 2.24) is 5.32 Å². The summed E-state index contributed by atoms with van der Waals surface area (Å²) in [6.07, 6.45) is -0.404. The smallest absolute Gasteiger partial charge is 0.249 e. The van der Waals surface area contributed by atoms with E-state index in [0.29, 0.717) is 19.1 Å². The molecule has 1 aromatic rings. The van der Waals surface area contributed by atoms with E-state index in [1.54, 1.807) is 6.92 Å². The first kappa shape index (κ1) is 16.5. The van der Waals surface area contributed by atoms with Crippen molar-refractivity contribution in [3.05, 3.63) is 29.8 Å². The van der Waals surface area contributed by atoms with Crippen molar-refractivity contribution in [2.45, 2.75) is 33.4 Å². The normalized spacial score (nSPS) is 12.3. The number of carbonyl (C=O) groups excluding carboxylic acids is 1. The minimum atomic E-state index is -0.404. The number of ether oxygens (including phenoxy) is 1. The molecular weight excluding hydrogens is 252 g/mol. The van der Waals surface area contributed by atoms with Crippen LogP contribution < -0.4 is 10.2 Å². The number of anilines is 1. The molecule has 0 bridgehead atoms. The largest absolute Gasteiger partial charge is 0.378 e. The van der Waals surface area contributed by atoms with Gasteiger partial charge in [0.15, 0.2) is 0 Å². The Kier molecular flexibility index (Phi) is 6.52. The molecule has 0 aliphatic heterocycles. The van der Waals surface area contributed by atoms with E-state index < -0.39 is 6.10 Å². The lowest BCUT2D eigenvalue weighted by Crippen LogP contribution is -2.34. The number of carbonyl (C=O) groups is 1. The molecule has 1 rings (SSSR count). The predicted molar refractivity (Wildman–Crippen MR) is 82.9 cm³/mol. The van der Waals surface area contributed by atoms with Gasteiger partial charge in [-0.1, -0.05) is 26.0 Å². The van der Waals surface area contributed by atoms with Crippen molar-refractivity contribution in [1.29, 1.82) is 0 Å². The summed E-state index contributed by atoms with van der Waals surface area (Å²) in [4.78, 5) is 13.9. The zero-order valence-corrected chi connectivity index (χ0v) is 13.1. The number of rotatable bonds is 7. The van der Waals surface area contributed by atoms with Crippen molar-refractivity contribution < 1.29 is 9.53 Å². The van der Waals surface area contributed by atoms with Crippen LogP contribution in [0.2, 0.25) is 0 Å². The lowest BCUT2D eigenvalue weighted by atomic mass is 10.2. The quantitative estimate of drug-likeness (QED) is 0.833. The fourth-order valence-electron chi connectivity index (χ4n) is 1.66. The molecule has 4 heteroatoms. The van der Waals surface area contributed by atoms with E-state index in [1.165, 1.54) is 0 Å². The second-order valence-corrected chi connectivity index (χ2v) is 5.65. The lowest BCUT2D eigenvalue weighted by molar-refractivity contribution is -0.132. The Morgan fingerprint density at radius 3 is 2.30 bits per heavy atom. The summed E-state index contributed by atoms with van der Waals surface area (Å²) in [5, 5.41) is 2.89. The summed E-state index contributed by atoms with van der Waals surface area (Å²) >= 11 is 0. The second-order valence-electron chi connectivity index (χ2n) is 5.65. The van der Waals surface area contributed by atoms with Crippen LogP contribution in [0.1, 0.15) is 26.3 Å². The monoisotopic (exact) mass is 278 g/mol. The molecule has 0 spiro atoms. The second kappa shape index (κ2) is 7.90. The Morgan fingerprint density at radius 2 is 1.80 bits per heavy atom. The van der Waals surface area contributed by atoms with Gasteiger partial charge in [-0.2, -0.15) is 0 Å². The van der Waals surface area contributed by atoms with E-state index in [1.807, 2.05) is 43.3 Å². The molecule has 0 fully saturated rings. The van der Waals surface area contributed by atoms with E-state index >= 15 is 0 Å². The van der Waals surface area contributed by atoms with Crippen LogP contribution in [0.4, 0.5) is 5.69 Å². The average molecular weight is 278 g/mol. The summed E-state index contributed by atoms with van der Waals surface area (Å²) < 4.78 is 5.49. The zero-order valence-electron chi connectivity index (χ0n) is 13.1. The highest BCUT2D eigenvalue weighted by Crippen LogP contribution is 2.12. The fraction of sp³-hybridized carbons (Fsp3) is 0.562. The van der Waals surface area contributed by atoms with Gasteiger partial charge in [0.25, 0.3) is 0 Å². The van der Waals surface area contributed by atoms with Crippen LogP contribution in [-0.4, -0.2) is 32.7 Å². The molecule has 0 unspecified atom stereocenters. The highest BCUT2D eigenvalue weighted by molar-refractivity contribution is 5.80. The van der Waals surface area contributed by atoms with Gasteiger partial charge >= 0.3 is 0 Å². The van der Waals surface area contributed by atoms with Crippen LogP contribution in [0.15, 0.2) is 24.3 Å². The van der Waals surface area contributed by atoms with Gasteiger partial charge in [0.2, 0.25) is 5.91 Å². The molecule has 0 radical (unpaired) electrons. The number of hydrogen-bond acceptors (Lipinski definition) is 3. The molecule has 0 saturated heterocycles. The van der Waals surface area contributed by atoms with E-state index in [9.17, 15) is 4.79 Å². The van der Waals surface area contributed by atoms with Gasteiger partial charge in [0, 0.05) is 32.9 Å². The Labute approximate surface area is 122 Å². The number of amides is 1. The van der Waals surface area contributed by atoms with Crippen LogP contribution in [0.25, 0.3) is 0 Å². The van der Waals surface area contributed by atoms with Gasteiger partial charge in [-0.25, -0.2) is 0 Å². The molecular formula is C16H26N2O2. The maximum Gasteiger partial charge on any atom is 0.249 e. The Balaban J connectivity index is 2.40. The van der Waals surface area contributed by atoms with Crippen LogP contribution in [-0.2, 0) is 16.1 Å². The minimum absolute atomic E-state index is 0.0673. The van der Waals surface area contributed by atoms with Crippen LogP contribution in [0.3, 0.4) is 0 Å². The molecule has 0 aromatic heterocycles. The molecule has 1 amide bonds. The molecule has 0 heterocycles. The number of nitrogens with zero attached hydrogens (tertiary/aromatic N) is 1. The maximum absolute atomic E-state index is 11.9. The molecule has 0 saturated carbocycles. The van der Waals surface area contributed by atoms with Crippen molar-refractivity contribution in [3.63, 3.8) is 0 Å². The summed E-state index contributed by atoms with van der Waals surface area (Å²) in [6, 6.07) is 8.13. The molecule has 0 aliphatic rings. The fourth-order valence-corrected chi connectivity index (χ4v) is 1.66. The first-order valence-corrected chi connectivity index (χ1v) is 7.05. The lowest BCUT2D eigenvalue weighted by Gasteiger charge is -2.15. The first-order valence-electron chi connectivity index (χ1n) is 7.05. The molecule has 4 nitrogen and oxygen atoms in total. The standard InChI is InChI=1S/C16H26N2O2/c1-12(2)11-20-13(3)16(19)17-10-14-6-8-15(9-7-14)18(4)5/h6-9,12-13H,10-11H2,1-5H3,(H,17,19)/t13-/m1/s1. The Morgan fingerprint density at radius 1 is 1.20 bits per heavy atom. The van der Waals surface area contributed by atoms with Crippen molar-refractivity contribution >= 4 is 11.6 Å². The van der Waals surface area contributed by atoms with Gasteiger partial charge < -0.3 is 15.0 Å². The third-order valence-corrected chi connectivity index (χ3v) is 2.97. The first-order chi connectivity index (χ1) is 9.40. The SMILES string of the molecule is CC(C)CO[C@H](C)C(=O)NCc1ccc(N(C)C)cc1. The zero-order chi connectivity index (χ0) is 15.1. The number of nitrogens with one attached hydrogen (secondary N) is 1. The Hall–Kier alpha value is -1.55. The third kappa shape index (κ3) is 5.61. The topological polar surface area (TPSA) is 41.6 Å². The average Bonchev–Trinajstić information content (AvgIpc) is 2.42. The molecule has 20 heavy (non-hydrogen) atoms. The van der Waals surface area contributed by atoms with E-state index in [4.69, 9.17) is 4.74 Å². The molecule has 112 valence electrons. The summed E-state index contributed by atoms with van der Waals surface area (Å²) in [5.74, 6) is 0.367. The minimum Gasteiger partial charge on any atom is -0.378 e. The summed E-state index contributed by atoms with van der Waals surface area (Å²) in [6.45, 7) is 7.05. The van der Waals surface area contributed by atoms with Gasteiger partial charge in [-0.3, -0.25) is 4.79 Å². The van der Waals surface area contributed by atoms with Gasteiger partial charge in [-0.05, 0) is 30.5 Å². The molecule has 1 aromatic carbocycles. The number of benzene rings is 1. The summed E-state index contributed by atoms with van der Waals surface area (Å²) in [5.41, 5.74) is 2.23. The highest BCUT2D eigenvalue weighted by Gasteiger charge is 2.13. The van der Waals surface area contributed by atoms with Crippen LogP contribution in [0.5, 0.6) is 0 Å². The molecule has 0 aliphatic carbocycles. The van der Waals surface area contributed by atoms with Gasteiger partial charge in [-0.15, -0.1) is 0 Å². The van der Waals surface area contributed by atoms with E-state index in [0.717, 1.165) is 11.3 Å². The molecule has 1 atom stereocenters. The van der Waals surface area contributed by atoms with Crippen molar-refractivity contribution in [2.24, 2.45) is 5.92 Å². The van der Waals surface area contributed by atoms with E-state index in [2.05, 4.69) is 19.2 Å². The third-order valence-electron chi connectivity index (χ3n) is 2.97. The number of hydrogen-bond donors (Lipinski definition) is 1. The predicted octanol–water partition coefficient (Wildman–Crippen LogP) is 2.43. The Bertz CT molecular complexity index is 413. The summed E-state index contributed by atoms with van der Waals surface area (Å²) in [7, 11) is 4.01. The van der Waals surface area contributed by atoms with E-state index in [-0.39, 0.29) is 5.91 Å². The van der Waals surface area contributed by atoms with Gasteiger partial charge in [0.1, 0.15) is 6.10 Å². The van der Waals surface area contributed by atoms with Gasteiger partial charge in [0.05, 0.1) is 0 Å². The highest BCUT2D eigenvalue weighted by atomic mass is 16.5. The van der Waals surface area contributed by atoms with Crippen molar-refractivity contribution in [3.8, 4) is 0 Å². The van der Waals surface area contributed by atoms with Crippen LogP contribution in [0, 0.1) is 5.92 Å². The van der Waals surface area contributed by atoms with Crippen LogP contribution >= 0.6 is 0 Å². The van der Waals surface area contributed by atoms with Crippen molar-refractivity contribution in [2.75, 3.05) is 25.6 Å².